The van der Waals surface area contributed by atoms with Crippen molar-refractivity contribution in [2.45, 2.75) is 77.7 Å². The predicted molar refractivity (Wildman–Crippen MR) is 146 cm³/mol. The predicted octanol–water partition coefficient (Wildman–Crippen LogP) is 6.93. The third-order valence-corrected chi connectivity index (χ3v) is 6.74. The third-order valence-electron chi connectivity index (χ3n) is 6.74. The van der Waals surface area contributed by atoms with Gasteiger partial charge >= 0.3 is 11.9 Å². The van der Waals surface area contributed by atoms with Crippen molar-refractivity contribution in [3.63, 3.8) is 0 Å². The van der Waals surface area contributed by atoms with Crippen molar-refractivity contribution in [1.29, 1.82) is 0 Å². The van der Waals surface area contributed by atoms with Crippen LogP contribution in [0.4, 0.5) is 0 Å². The lowest BCUT2D eigenvalue weighted by molar-refractivity contribution is 0.0675. The molecule has 0 unspecified atom stereocenters. The molecule has 0 radical (unpaired) electrons. The molecule has 0 aliphatic carbocycles. The summed E-state index contributed by atoms with van der Waals surface area (Å²) in [6, 6.07) is 10.9. The lowest BCUT2D eigenvalue weighted by Crippen LogP contribution is -2.16. The number of fused-ring (bicyclic) bond motifs is 1. The summed E-state index contributed by atoms with van der Waals surface area (Å²) in [5, 5.41) is 29.8. The average Bonchev–Trinajstić information content (AvgIpc) is 3.23. The highest BCUT2D eigenvalue weighted by atomic mass is 16.5. The van der Waals surface area contributed by atoms with Gasteiger partial charge in [-0.3, -0.25) is 4.79 Å². The smallest absolute Gasteiger partial charge is 0.353 e. The Morgan fingerprint density at radius 3 is 2.13 bits per heavy atom. The van der Waals surface area contributed by atoms with E-state index >= 15 is 0 Å². The molecule has 3 rings (SSSR count). The summed E-state index contributed by atoms with van der Waals surface area (Å²) in [4.78, 5) is 36.6. The Hall–Kier alpha value is -3.81. The molecule has 8 nitrogen and oxygen atoms in total. The lowest BCUT2D eigenvalue weighted by Gasteiger charge is -2.12. The Kier molecular flexibility index (Phi) is 10.8. The maximum absolute atomic E-state index is 13.2. The highest BCUT2D eigenvalue weighted by Crippen LogP contribution is 2.30. The van der Waals surface area contributed by atoms with Crippen LogP contribution in [0.25, 0.3) is 10.9 Å². The van der Waals surface area contributed by atoms with Gasteiger partial charge in [-0.05, 0) is 30.7 Å². The molecule has 0 atom stereocenters. The molecule has 0 bridgehead atoms. The van der Waals surface area contributed by atoms with Gasteiger partial charge in [0.2, 0.25) is 0 Å². The molecule has 0 saturated carbocycles. The average molecular weight is 524 g/mol. The summed E-state index contributed by atoms with van der Waals surface area (Å²) < 4.78 is 7.18. The van der Waals surface area contributed by atoms with Gasteiger partial charge in [0.05, 0.1) is 17.7 Å². The molecule has 3 aromatic rings. The highest BCUT2D eigenvalue weighted by Gasteiger charge is 2.26. The second-order valence-electron chi connectivity index (χ2n) is 9.54. The number of rotatable bonds is 17. The first-order chi connectivity index (χ1) is 18.3. The largest absolute Gasteiger partial charge is 0.504 e. The Balaban J connectivity index is 1.68. The van der Waals surface area contributed by atoms with E-state index in [2.05, 4.69) is 6.92 Å². The van der Waals surface area contributed by atoms with Crippen molar-refractivity contribution in [3.8, 4) is 11.5 Å². The van der Waals surface area contributed by atoms with Crippen LogP contribution >= 0.6 is 0 Å². The van der Waals surface area contributed by atoms with E-state index in [0.29, 0.717) is 17.3 Å². The number of ether oxygens (including phenoxy) is 1. The molecule has 0 amide bonds. The maximum atomic E-state index is 13.2. The normalized spacial score (nSPS) is 11.1. The molecular formula is C30H37NO7. The number of ketones is 1. The van der Waals surface area contributed by atoms with E-state index in [4.69, 9.17) is 9.84 Å². The number of Topliss-reactive ketones (excluding diaryl/α,β-unsaturated/α-hetero) is 1. The number of nitrogens with zero attached hydrogens (tertiary/aromatic N) is 1. The SMILES string of the molecule is CCCCCCCCCCCC(=O)c1c(C(=O)O)n(CCOc2ccc(C(=O)O)cc2O)c2ccccc12. The van der Waals surface area contributed by atoms with E-state index in [0.717, 1.165) is 31.7 Å². The Labute approximate surface area is 222 Å². The van der Waals surface area contributed by atoms with E-state index in [-0.39, 0.29) is 47.3 Å². The molecule has 0 aliphatic rings. The number of carbonyl (C=O) groups excluding carboxylic acids is 1. The van der Waals surface area contributed by atoms with E-state index < -0.39 is 11.9 Å². The van der Waals surface area contributed by atoms with Gasteiger partial charge in [0.1, 0.15) is 12.3 Å². The van der Waals surface area contributed by atoms with E-state index in [9.17, 15) is 24.6 Å². The van der Waals surface area contributed by atoms with Gasteiger partial charge in [-0.25, -0.2) is 9.59 Å². The van der Waals surface area contributed by atoms with Gasteiger partial charge in [0.25, 0.3) is 0 Å². The Bertz CT molecular complexity index is 1260. The molecule has 3 N–H and O–H groups in total. The number of unbranched alkanes of at least 4 members (excludes halogenated alkanes) is 8. The van der Waals surface area contributed by atoms with Gasteiger partial charge in [-0.15, -0.1) is 0 Å². The maximum Gasteiger partial charge on any atom is 0.353 e. The lowest BCUT2D eigenvalue weighted by atomic mass is 10.0. The monoisotopic (exact) mass is 523 g/mol. The van der Waals surface area contributed by atoms with Gasteiger partial charge < -0.3 is 24.6 Å². The Morgan fingerprint density at radius 2 is 1.50 bits per heavy atom. The number of benzene rings is 2. The van der Waals surface area contributed by atoms with Crippen LogP contribution in [0.5, 0.6) is 11.5 Å². The molecule has 8 heteroatoms. The number of carboxylic acid groups (broad SMARTS) is 2. The minimum Gasteiger partial charge on any atom is -0.504 e. The molecule has 204 valence electrons. The van der Waals surface area contributed by atoms with Gasteiger partial charge in [-0.1, -0.05) is 76.5 Å². The number of aromatic hydroxyl groups is 1. The number of phenols is 1. The summed E-state index contributed by atoms with van der Waals surface area (Å²) in [5.74, 6) is -2.77. The molecule has 0 saturated heterocycles. The zero-order valence-electron chi connectivity index (χ0n) is 21.9. The minimum atomic E-state index is -1.19. The van der Waals surface area contributed by atoms with Crippen LogP contribution < -0.4 is 4.74 Å². The molecule has 2 aromatic carbocycles. The van der Waals surface area contributed by atoms with Crippen molar-refractivity contribution in [1.82, 2.24) is 4.57 Å². The van der Waals surface area contributed by atoms with Crippen LogP contribution in [0.1, 0.15) is 102 Å². The number of hydrogen-bond acceptors (Lipinski definition) is 5. The number of aromatic nitrogens is 1. The van der Waals surface area contributed by atoms with Crippen molar-refractivity contribution >= 4 is 28.6 Å². The molecule has 0 fully saturated rings. The van der Waals surface area contributed by atoms with Crippen molar-refractivity contribution in [3.05, 3.63) is 59.3 Å². The number of carboxylic acids is 2. The van der Waals surface area contributed by atoms with Crippen molar-refractivity contribution < 1.29 is 34.4 Å². The summed E-state index contributed by atoms with van der Waals surface area (Å²) in [6.45, 7) is 2.33. The van der Waals surface area contributed by atoms with Crippen LogP contribution in [0.15, 0.2) is 42.5 Å². The fraction of sp³-hybridized carbons (Fsp3) is 0.433. The minimum absolute atomic E-state index is 0.00478. The van der Waals surface area contributed by atoms with Crippen LogP contribution in [0.3, 0.4) is 0 Å². The number of hydrogen-bond donors (Lipinski definition) is 3. The first kappa shape index (κ1) is 28.8. The zero-order valence-corrected chi connectivity index (χ0v) is 21.9. The van der Waals surface area contributed by atoms with Crippen LogP contribution in [0.2, 0.25) is 0 Å². The molecule has 1 aromatic heterocycles. The Morgan fingerprint density at radius 1 is 0.842 bits per heavy atom. The fourth-order valence-corrected chi connectivity index (χ4v) is 4.78. The van der Waals surface area contributed by atoms with Crippen molar-refractivity contribution in [2.24, 2.45) is 0 Å². The molecule has 1 heterocycles. The second kappa shape index (κ2) is 14.2. The van der Waals surface area contributed by atoms with Crippen LogP contribution in [-0.4, -0.2) is 44.2 Å². The highest BCUT2D eigenvalue weighted by molar-refractivity contribution is 6.15. The molecular weight excluding hydrogens is 486 g/mol. The summed E-state index contributed by atoms with van der Waals surface area (Å²) >= 11 is 0. The molecule has 0 spiro atoms. The topological polar surface area (TPSA) is 126 Å². The van der Waals surface area contributed by atoms with E-state index in [1.54, 1.807) is 28.8 Å². The number of para-hydroxylation sites is 1. The van der Waals surface area contributed by atoms with Crippen LogP contribution in [-0.2, 0) is 6.54 Å². The summed E-state index contributed by atoms with van der Waals surface area (Å²) in [6.07, 6.45) is 10.5. The van der Waals surface area contributed by atoms with Gasteiger partial charge in [0.15, 0.2) is 17.3 Å². The first-order valence-electron chi connectivity index (χ1n) is 13.4. The van der Waals surface area contributed by atoms with E-state index in [1.807, 2.05) is 0 Å². The number of phenolic OH excluding ortho intramolecular Hbond substituents is 1. The van der Waals surface area contributed by atoms with Crippen molar-refractivity contribution in [2.75, 3.05) is 6.61 Å². The van der Waals surface area contributed by atoms with Gasteiger partial charge in [0, 0.05) is 17.3 Å². The first-order valence-corrected chi connectivity index (χ1v) is 13.4. The number of carbonyl (C=O) groups is 3. The van der Waals surface area contributed by atoms with E-state index in [1.165, 1.54) is 44.2 Å². The summed E-state index contributed by atoms with van der Waals surface area (Å²) in [5.41, 5.74) is 0.700. The number of aromatic carboxylic acids is 2. The fourth-order valence-electron chi connectivity index (χ4n) is 4.78. The van der Waals surface area contributed by atoms with Gasteiger partial charge in [-0.2, -0.15) is 0 Å². The quantitative estimate of drug-likeness (QED) is 0.129. The molecule has 0 aliphatic heterocycles. The van der Waals surface area contributed by atoms with Crippen LogP contribution in [0, 0.1) is 0 Å². The third kappa shape index (κ3) is 7.37. The second-order valence-corrected chi connectivity index (χ2v) is 9.54. The summed E-state index contributed by atoms with van der Waals surface area (Å²) in [7, 11) is 0. The zero-order chi connectivity index (χ0) is 27.5. The standard InChI is InChI=1S/C30H37NO7/c1-2-3-4-5-6-7-8-9-10-15-24(32)27-22-13-11-12-14-23(22)31(28(27)30(36)37)18-19-38-26-17-16-21(29(34)35)20-25(26)33/h11-14,16-17,20,33H,2-10,15,18-19H2,1H3,(H,34,35)(H,36,37). The molecule has 38 heavy (non-hydrogen) atoms.